The molecule has 4 aromatic rings. The van der Waals surface area contributed by atoms with E-state index in [1.165, 1.54) is 33.6 Å². The largest absolute Gasteiger partial charge is 0.210 e. The van der Waals surface area contributed by atoms with Gasteiger partial charge in [0.05, 0.1) is 0 Å². The number of benzene rings is 2. The predicted molar refractivity (Wildman–Crippen MR) is 132 cm³/mol. The molecule has 2 aromatic carbocycles. The van der Waals surface area contributed by atoms with Gasteiger partial charge in [-0.15, -0.1) is 0 Å². The van der Waals surface area contributed by atoms with Gasteiger partial charge in [-0.2, -0.15) is 9.13 Å². The van der Waals surface area contributed by atoms with Crippen LogP contribution in [0.4, 0.5) is 0 Å². The molecule has 32 heavy (non-hydrogen) atoms. The summed E-state index contributed by atoms with van der Waals surface area (Å²) in [7, 11) is 0. The zero-order chi connectivity index (χ0) is 22.9. The Labute approximate surface area is 192 Å². The molecule has 0 spiro atoms. The van der Waals surface area contributed by atoms with E-state index in [0.717, 1.165) is 0 Å². The minimum Gasteiger partial charge on any atom is -0.167 e. The van der Waals surface area contributed by atoms with Crippen LogP contribution < -0.4 is 9.13 Å². The lowest BCUT2D eigenvalue weighted by Gasteiger charge is -2.18. The molecule has 4 rings (SSSR count). The first kappa shape index (κ1) is 22.0. The maximum absolute atomic E-state index is 2.27. The Hall–Kier alpha value is -3.26. The highest BCUT2D eigenvalue weighted by Crippen LogP contribution is 2.24. The number of aromatic nitrogens is 2. The van der Waals surface area contributed by atoms with Gasteiger partial charge in [-0.3, -0.25) is 0 Å². The molecule has 0 unspecified atom stereocenters. The Morgan fingerprint density at radius 3 is 1.12 bits per heavy atom. The average molecular weight is 423 g/mol. The van der Waals surface area contributed by atoms with Gasteiger partial charge in [0, 0.05) is 48.5 Å². The highest BCUT2D eigenvalue weighted by atomic mass is 14.9. The van der Waals surface area contributed by atoms with Crippen LogP contribution >= 0.6 is 0 Å². The molecule has 0 aliphatic rings. The Morgan fingerprint density at radius 1 is 0.469 bits per heavy atom. The molecule has 2 nitrogen and oxygen atoms in total. The first-order valence-electron chi connectivity index (χ1n) is 11.4. The molecule has 2 heteroatoms. The van der Waals surface area contributed by atoms with E-state index >= 15 is 0 Å². The molecular weight excluding hydrogens is 388 g/mol. The van der Waals surface area contributed by atoms with Gasteiger partial charge in [0.15, 0.2) is 24.8 Å². The van der Waals surface area contributed by atoms with E-state index in [0.29, 0.717) is 0 Å². The summed E-state index contributed by atoms with van der Waals surface area (Å²) in [6, 6.07) is 26.3. The lowest BCUT2D eigenvalue weighted by molar-refractivity contribution is -0.596. The maximum Gasteiger partial charge on any atom is 0.210 e. The number of hydrogen-bond donors (Lipinski definition) is 0. The van der Waals surface area contributed by atoms with Crippen LogP contribution in [0.5, 0.6) is 0 Å². The number of pyridine rings is 2. The predicted octanol–water partition coefficient (Wildman–Crippen LogP) is 6.50. The standard InChI is InChI=1S/C30H34N2/c1-29(2,3)25-9-7-11-27(21-25)31-17-13-23(14-18-31)24-15-19-32(20-16-24)28-12-8-10-26(22-28)30(4,5)6/h7-22H,1-6H3/q+2. The van der Waals surface area contributed by atoms with E-state index in [4.69, 9.17) is 0 Å². The van der Waals surface area contributed by atoms with Crippen LogP contribution in [0.25, 0.3) is 22.5 Å². The minimum absolute atomic E-state index is 0.141. The Bertz CT molecular complexity index is 1110. The van der Waals surface area contributed by atoms with Crippen LogP contribution in [-0.2, 0) is 10.8 Å². The molecular formula is C30H34N2+2. The van der Waals surface area contributed by atoms with Gasteiger partial charge in [-0.25, -0.2) is 0 Å². The normalized spacial score (nSPS) is 12.1. The zero-order valence-electron chi connectivity index (χ0n) is 20.1. The van der Waals surface area contributed by atoms with Crippen molar-refractivity contribution < 1.29 is 9.13 Å². The van der Waals surface area contributed by atoms with Crippen LogP contribution in [0, 0.1) is 0 Å². The van der Waals surface area contributed by atoms with Crippen molar-refractivity contribution in [3.05, 3.63) is 109 Å². The van der Waals surface area contributed by atoms with Crippen LogP contribution in [0.2, 0.25) is 0 Å². The number of hydrogen-bond acceptors (Lipinski definition) is 0. The molecule has 0 radical (unpaired) electrons. The lowest BCUT2D eigenvalue weighted by atomic mass is 9.87. The third-order valence-corrected chi connectivity index (χ3v) is 6.01. The van der Waals surface area contributed by atoms with E-state index in [1.807, 2.05) is 0 Å². The highest BCUT2D eigenvalue weighted by molar-refractivity contribution is 5.61. The van der Waals surface area contributed by atoms with Crippen molar-refractivity contribution in [3.8, 4) is 22.5 Å². The van der Waals surface area contributed by atoms with Crippen molar-refractivity contribution in [3.63, 3.8) is 0 Å². The van der Waals surface area contributed by atoms with E-state index in [2.05, 4.69) is 148 Å². The number of rotatable bonds is 3. The molecule has 0 saturated heterocycles. The van der Waals surface area contributed by atoms with Crippen molar-refractivity contribution in [2.45, 2.75) is 52.4 Å². The van der Waals surface area contributed by atoms with Crippen LogP contribution in [0.1, 0.15) is 52.7 Å². The quantitative estimate of drug-likeness (QED) is 0.333. The fraction of sp³-hybridized carbons (Fsp3) is 0.267. The molecule has 0 saturated carbocycles. The molecule has 0 N–H and O–H groups in total. The van der Waals surface area contributed by atoms with E-state index in [9.17, 15) is 0 Å². The van der Waals surface area contributed by atoms with Crippen LogP contribution in [0.3, 0.4) is 0 Å². The lowest BCUT2D eigenvalue weighted by Crippen LogP contribution is -2.30. The van der Waals surface area contributed by atoms with Gasteiger partial charge >= 0.3 is 0 Å². The molecule has 0 bridgehead atoms. The summed E-state index contributed by atoms with van der Waals surface area (Å²) >= 11 is 0. The SMILES string of the molecule is CC(C)(C)c1cccc(-[n+]2ccc(-c3cc[n+](-c4cccc(C(C)(C)C)c4)cc3)cc2)c1. The Morgan fingerprint density at radius 2 is 0.812 bits per heavy atom. The van der Waals surface area contributed by atoms with Crippen LogP contribution in [-0.4, -0.2) is 0 Å². The molecule has 0 atom stereocenters. The van der Waals surface area contributed by atoms with Crippen LogP contribution in [0.15, 0.2) is 97.6 Å². The van der Waals surface area contributed by atoms with E-state index in [-0.39, 0.29) is 10.8 Å². The molecule has 0 fully saturated rings. The van der Waals surface area contributed by atoms with Gasteiger partial charge in [0.2, 0.25) is 11.4 Å². The summed E-state index contributed by atoms with van der Waals surface area (Å²) in [6.07, 6.45) is 8.58. The highest BCUT2D eigenvalue weighted by Gasteiger charge is 2.18. The summed E-state index contributed by atoms with van der Waals surface area (Å²) in [5.41, 5.74) is 7.77. The van der Waals surface area contributed by atoms with Gasteiger partial charge in [-0.1, -0.05) is 65.8 Å². The number of nitrogens with zero attached hydrogens (tertiary/aromatic N) is 2. The van der Waals surface area contributed by atoms with Crippen molar-refractivity contribution in [2.75, 3.05) is 0 Å². The third-order valence-electron chi connectivity index (χ3n) is 6.01. The summed E-state index contributed by atoms with van der Waals surface area (Å²) in [5.74, 6) is 0. The molecule has 0 aliphatic heterocycles. The summed E-state index contributed by atoms with van der Waals surface area (Å²) in [4.78, 5) is 0. The molecule has 2 heterocycles. The molecule has 2 aromatic heterocycles. The topological polar surface area (TPSA) is 7.76 Å². The summed E-state index contributed by atoms with van der Waals surface area (Å²) < 4.78 is 4.36. The minimum atomic E-state index is 0.141. The Balaban J connectivity index is 1.57. The molecule has 0 aliphatic carbocycles. The van der Waals surface area contributed by atoms with Gasteiger partial charge in [0.25, 0.3) is 0 Å². The fourth-order valence-corrected chi connectivity index (χ4v) is 3.85. The van der Waals surface area contributed by atoms with Crippen molar-refractivity contribution in [2.24, 2.45) is 0 Å². The second-order valence-electron chi connectivity index (χ2n) is 10.6. The van der Waals surface area contributed by atoms with Gasteiger partial charge in [-0.05, 0) is 33.1 Å². The van der Waals surface area contributed by atoms with Gasteiger partial charge < -0.3 is 0 Å². The second kappa shape index (κ2) is 8.35. The average Bonchev–Trinajstić information content (AvgIpc) is 2.78. The third kappa shape index (κ3) is 4.80. The zero-order valence-corrected chi connectivity index (χ0v) is 20.1. The first-order valence-corrected chi connectivity index (χ1v) is 11.4. The van der Waals surface area contributed by atoms with E-state index < -0.39 is 0 Å². The summed E-state index contributed by atoms with van der Waals surface area (Å²) in [6.45, 7) is 13.5. The second-order valence-corrected chi connectivity index (χ2v) is 10.6. The maximum atomic E-state index is 2.27. The van der Waals surface area contributed by atoms with Gasteiger partial charge in [0.1, 0.15) is 0 Å². The fourth-order valence-electron chi connectivity index (χ4n) is 3.85. The smallest absolute Gasteiger partial charge is 0.167 e. The van der Waals surface area contributed by atoms with Crippen molar-refractivity contribution >= 4 is 0 Å². The van der Waals surface area contributed by atoms with E-state index in [1.54, 1.807) is 0 Å². The molecule has 0 amide bonds. The molecule has 162 valence electrons. The Kier molecular flexibility index (Phi) is 5.73. The monoisotopic (exact) mass is 422 g/mol. The summed E-state index contributed by atoms with van der Waals surface area (Å²) in [5, 5.41) is 0. The first-order chi connectivity index (χ1) is 15.1. The van der Waals surface area contributed by atoms with Crippen molar-refractivity contribution in [1.82, 2.24) is 0 Å². The van der Waals surface area contributed by atoms with Crippen molar-refractivity contribution in [1.29, 1.82) is 0 Å².